The van der Waals surface area contributed by atoms with Crippen molar-refractivity contribution in [1.82, 2.24) is 0 Å². The zero-order valence-corrected chi connectivity index (χ0v) is 13.0. The van der Waals surface area contributed by atoms with Crippen molar-refractivity contribution in [2.45, 2.75) is 12.4 Å². The number of hydrogen-bond acceptors (Lipinski definition) is 2. The van der Waals surface area contributed by atoms with Gasteiger partial charge < -0.3 is 10.1 Å². The van der Waals surface area contributed by atoms with Gasteiger partial charge in [0, 0.05) is 22.6 Å². The van der Waals surface area contributed by atoms with E-state index in [1.165, 1.54) is 0 Å². The highest BCUT2D eigenvalue weighted by atomic mass is 79.9. The molecule has 0 aromatic heterocycles. The molecule has 0 amide bonds. The first kappa shape index (κ1) is 14.2. The summed E-state index contributed by atoms with van der Waals surface area (Å²) in [4.78, 5) is 0. The molecule has 0 unspecified atom stereocenters. The molecule has 1 N–H and O–H groups in total. The molecule has 0 fully saturated rings. The molecule has 0 aliphatic heterocycles. The number of anilines is 1. The van der Waals surface area contributed by atoms with Gasteiger partial charge in [-0.1, -0.05) is 34.1 Å². The number of para-hydroxylation sites is 1. The molecular formula is C15H15BrClNO. The second-order valence-corrected chi connectivity index (χ2v) is 5.22. The number of halogens is 2. The van der Waals surface area contributed by atoms with Gasteiger partial charge in [0.05, 0.1) is 7.11 Å². The van der Waals surface area contributed by atoms with Crippen LogP contribution in [0.2, 0.25) is 0 Å². The molecule has 2 nitrogen and oxygen atoms in total. The third-order valence-electron chi connectivity index (χ3n) is 2.88. The molecule has 0 aliphatic rings. The van der Waals surface area contributed by atoms with Crippen LogP contribution < -0.4 is 10.1 Å². The minimum absolute atomic E-state index is 0.502. The van der Waals surface area contributed by atoms with Crippen LogP contribution >= 0.6 is 27.5 Å². The van der Waals surface area contributed by atoms with Gasteiger partial charge in [-0.25, -0.2) is 0 Å². The maximum atomic E-state index is 5.92. The number of hydrogen-bond donors (Lipinski definition) is 1. The monoisotopic (exact) mass is 339 g/mol. The van der Waals surface area contributed by atoms with Gasteiger partial charge in [0.15, 0.2) is 0 Å². The molecule has 19 heavy (non-hydrogen) atoms. The smallest absolute Gasteiger partial charge is 0.119 e. The Morgan fingerprint density at radius 2 is 1.95 bits per heavy atom. The maximum Gasteiger partial charge on any atom is 0.119 e. The Morgan fingerprint density at radius 1 is 1.16 bits per heavy atom. The van der Waals surface area contributed by atoms with Crippen molar-refractivity contribution < 1.29 is 4.74 Å². The number of benzene rings is 2. The van der Waals surface area contributed by atoms with Crippen LogP contribution in [0, 0.1) is 0 Å². The summed E-state index contributed by atoms with van der Waals surface area (Å²) >= 11 is 9.47. The lowest BCUT2D eigenvalue weighted by atomic mass is 10.1. The average Bonchev–Trinajstić information content (AvgIpc) is 2.46. The van der Waals surface area contributed by atoms with Crippen molar-refractivity contribution in [1.29, 1.82) is 0 Å². The van der Waals surface area contributed by atoms with Gasteiger partial charge in [0.25, 0.3) is 0 Å². The first-order valence-corrected chi connectivity index (χ1v) is 7.27. The van der Waals surface area contributed by atoms with E-state index in [0.29, 0.717) is 12.4 Å². The Labute approximate surface area is 126 Å². The fourth-order valence-electron chi connectivity index (χ4n) is 1.81. The van der Waals surface area contributed by atoms with Gasteiger partial charge in [0.1, 0.15) is 5.75 Å². The minimum Gasteiger partial charge on any atom is -0.497 e. The van der Waals surface area contributed by atoms with E-state index in [2.05, 4.69) is 21.2 Å². The third kappa shape index (κ3) is 3.64. The van der Waals surface area contributed by atoms with E-state index in [-0.39, 0.29) is 0 Å². The van der Waals surface area contributed by atoms with Gasteiger partial charge in [-0.2, -0.15) is 0 Å². The van der Waals surface area contributed by atoms with Gasteiger partial charge in [0.2, 0.25) is 0 Å². The molecule has 0 spiro atoms. The third-order valence-corrected chi connectivity index (χ3v) is 3.95. The van der Waals surface area contributed by atoms with Gasteiger partial charge in [-0.3, -0.25) is 0 Å². The van der Waals surface area contributed by atoms with Crippen LogP contribution in [0.3, 0.4) is 0 Å². The molecule has 0 aliphatic carbocycles. The van der Waals surface area contributed by atoms with Crippen LogP contribution in [0.25, 0.3) is 0 Å². The molecule has 0 atom stereocenters. The Balaban J connectivity index is 2.14. The van der Waals surface area contributed by atoms with Crippen LogP contribution in [0.15, 0.2) is 46.9 Å². The summed E-state index contributed by atoms with van der Waals surface area (Å²) in [5, 5.41) is 3.40. The van der Waals surface area contributed by atoms with Gasteiger partial charge >= 0.3 is 0 Å². The second kappa shape index (κ2) is 6.83. The van der Waals surface area contributed by atoms with Crippen LogP contribution in [-0.4, -0.2) is 7.11 Å². The maximum absolute atomic E-state index is 5.92. The normalized spacial score (nSPS) is 10.3. The van der Waals surface area contributed by atoms with Crippen molar-refractivity contribution in [3.8, 4) is 5.75 Å². The minimum atomic E-state index is 0.502. The summed E-state index contributed by atoms with van der Waals surface area (Å²) in [7, 11) is 1.67. The summed E-state index contributed by atoms with van der Waals surface area (Å²) in [5.41, 5.74) is 3.30. The highest BCUT2D eigenvalue weighted by Crippen LogP contribution is 2.24. The standard InChI is InChI=1S/C15H15BrClNO/c1-19-13-6-7-14(16)12(8-13)10-18-15-5-3-2-4-11(15)9-17/h2-8,18H,9-10H2,1H3. The van der Waals surface area contributed by atoms with E-state index in [1.54, 1.807) is 7.11 Å². The fraction of sp³-hybridized carbons (Fsp3) is 0.200. The second-order valence-electron chi connectivity index (χ2n) is 4.10. The van der Waals surface area contributed by atoms with Crippen LogP contribution in [0.5, 0.6) is 5.75 Å². The topological polar surface area (TPSA) is 21.3 Å². The van der Waals surface area contributed by atoms with E-state index >= 15 is 0 Å². The molecule has 2 aromatic carbocycles. The van der Waals surface area contributed by atoms with Crippen molar-refractivity contribution in [2.75, 3.05) is 12.4 Å². The van der Waals surface area contributed by atoms with Crippen molar-refractivity contribution in [3.05, 3.63) is 58.1 Å². The largest absolute Gasteiger partial charge is 0.497 e. The molecule has 0 saturated heterocycles. The SMILES string of the molecule is COc1ccc(Br)c(CNc2ccccc2CCl)c1. The van der Waals surface area contributed by atoms with Gasteiger partial charge in [-0.05, 0) is 35.4 Å². The Bertz CT molecular complexity index is 560. The molecule has 100 valence electrons. The van der Waals surface area contributed by atoms with E-state index < -0.39 is 0 Å². The first-order valence-electron chi connectivity index (χ1n) is 5.94. The number of methoxy groups -OCH3 is 1. The molecule has 0 bridgehead atoms. The Hall–Kier alpha value is -1.19. The summed E-state index contributed by atoms with van der Waals surface area (Å²) < 4.78 is 6.30. The zero-order valence-electron chi connectivity index (χ0n) is 10.6. The summed E-state index contributed by atoms with van der Waals surface area (Å²) in [6.45, 7) is 0.714. The molecular weight excluding hydrogens is 326 g/mol. The molecule has 4 heteroatoms. The summed E-state index contributed by atoms with van der Waals surface area (Å²) in [5.74, 6) is 1.35. The van der Waals surface area contributed by atoms with Crippen LogP contribution in [0.1, 0.15) is 11.1 Å². The highest BCUT2D eigenvalue weighted by molar-refractivity contribution is 9.10. The lowest BCUT2D eigenvalue weighted by Crippen LogP contribution is -2.02. The first-order chi connectivity index (χ1) is 9.24. The predicted octanol–water partition coefficient (Wildman–Crippen LogP) is 4.81. The van der Waals surface area contributed by atoms with Crippen LogP contribution in [-0.2, 0) is 12.4 Å². The predicted molar refractivity (Wildman–Crippen MR) is 84.0 cm³/mol. The zero-order chi connectivity index (χ0) is 13.7. The Morgan fingerprint density at radius 3 is 2.68 bits per heavy atom. The molecule has 0 saturated carbocycles. The summed E-state index contributed by atoms with van der Waals surface area (Å²) in [6.07, 6.45) is 0. The van der Waals surface area contributed by atoms with Crippen molar-refractivity contribution >= 4 is 33.2 Å². The van der Waals surface area contributed by atoms with E-state index in [9.17, 15) is 0 Å². The average molecular weight is 341 g/mol. The van der Waals surface area contributed by atoms with Gasteiger partial charge in [-0.15, -0.1) is 11.6 Å². The Kier molecular flexibility index (Phi) is 5.11. The molecule has 2 aromatic rings. The number of nitrogens with one attached hydrogen (secondary N) is 1. The number of ether oxygens (including phenoxy) is 1. The van der Waals surface area contributed by atoms with E-state index in [4.69, 9.17) is 16.3 Å². The fourth-order valence-corrected chi connectivity index (χ4v) is 2.43. The lowest BCUT2D eigenvalue weighted by Gasteiger charge is -2.12. The van der Waals surface area contributed by atoms with Crippen LogP contribution in [0.4, 0.5) is 5.69 Å². The molecule has 2 rings (SSSR count). The van der Waals surface area contributed by atoms with E-state index in [0.717, 1.165) is 27.0 Å². The van der Waals surface area contributed by atoms with Crippen molar-refractivity contribution in [2.24, 2.45) is 0 Å². The number of rotatable bonds is 5. The van der Waals surface area contributed by atoms with E-state index in [1.807, 2.05) is 42.5 Å². The van der Waals surface area contributed by atoms with Crippen molar-refractivity contribution in [3.63, 3.8) is 0 Å². The number of alkyl halides is 1. The summed E-state index contributed by atoms with van der Waals surface area (Å²) in [6, 6.07) is 14.0. The molecule has 0 heterocycles. The quantitative estimate of drug-likeness (QED) is 0.789. The highest BCUT2D eigenvalue weighted by Gasteiger charge is 2.04. The lowest BCUT2D eigenvalue weighted by molar-refractivity contribution is 0.414. The molecule has 0 radical (unpaired) electrons.